The molecule has 0 bridgehead atoms. The molecular formula is C20H18N2O3. The maximum Gasteiger partial charge on any atom is 0.256 e. The normalized spacial score (nSPS) is 10.2. The van der Waals surface area contributed by atoms with E-state index in [0.717, 1.165) is 16.9 Å². The number of amides is 1. The Bertz CT molecular complexity index is 842. The van der Waals surface area contributed by atoms with Crippen LogP contribution in [0.25, 0.3) is 11.1 Å². The quantitative estimate of drug-likeness (QED) is 0.765. The van der Waals surface area contributed by atoms with E-state index in [1.54, 1.807) is 50.7 Å². The lowest BCUT2D eigenvalue weighted by Gasteiger charge is -2.07. The van der Waals surface area contributed by atoms with Crippen molar-refractivity contribution in [3.8, 4) is 22.6 Å². The van der Waals surface area contributed by atoms with Gasteiger partial charge in [-0.2, -0.15) is 0 Å². The van der Waals surface area contributed by atoms with Crippen LogP contribution in [0.4, 0.5) is 5.82 Å². The number of methoxy groups -OCH3 is 2. The smallest absolute Gasteiger partial charge is 0.256 e. The fourth-order valence-corrected chi connectivity index (χ4v) is 2.35. The molecule has 3 rings (SSSR count). The molecule has 0 spiro atoms. The number of anilines is 1. The van der Waals surface area contributed by atoms with E-state index in [1.807, 2.05) is 30.3 Å². The van der Waals surface area contributed by atoms with Crippen LogP contribution >= 0.6 is 0 Å². The molecule has 0 atom stereocenters. The summed E-state index contributed by atoms with van der Waals surface area (Å²) in [6.07, 6.45) is 1.73. The van der Waals surface area contributed by atoms with Gasteiger partial charge in [0.15, 0.2) is 0 Å². The van der Waals surface area contributed by atoms with Gasteiger partial charge in [0.2, 0.25) is 0 Å². The Morgan fingerprint density at radius 2 is 1.36 bits per heavy atom. The van der Waals surface area contributed by atoms with Gasteiger partial charge in [-0.1, -0.05) is 12.1 Å². The van der Waals surface area contributed by atoms with E-state index in [-0.39, 0.29) is 5.91 Å². The van der Waals surface area contributed by atoms with Crippen LogP contribution in [-0.2, 0) is 0 Å². The summed E-state index contributed by atoms with van der Waals surface area (Å²) < 4.78 is 10.2. The lowest BCUT2D eigenvalue weighted by Crippen LogP contribution is -2.12. The van der Waals surface area contributed by atoms with Crippen molar-refractivity contribution < 1.29 is 14.3 Å². The van der Waals surface area contributed by atoms with Crippen LogP contribution in [0.15, 0.2) is 66.9 Å². The SMILES string of the molecule is COc1ccc(C(=O)Nc2ccc(-c3ccc(OC)cc3)cn2)cc1. The van der Waals surface area contributed by atoms with E-state index in [9.17, 15) is 4.79 Å². The molecule has 0 fully saturated rings. The average Bonchev–Trinajstić information content (AvgIpc) is 2.68. The zero-order valence-corrected chi connectivity index (χ0v) is 14.0. The molecule has 5 heteroatoms. The van der Waals surface area contributed by atoms with Gasteiger partial charge in [0.05, 0.1) is 14.2 Å². The van der Waals surface area contributed by atoms with Gasteiger partial charge in [-0.05, 0) is 54.1 Å². The van der Waals surface area contributed by atoms with Gasteiger partial charge in [0.25, 0.3) is 5.91 Å². The molecule has 1 aromatic heterocycles. The molecule has 0 saturated heterocycles. The third-order valence-corrected chi connectivity index (χ3v) is 3.78. The van der Waals surface area contributed by atoms with E-state index in [1.165, 1.54) is 0 Å². The van der Waals surface area contributed by atoms with Gasteiger partial charge < -0.3 is 14.8 Å². The summed E-state index contributed by atoms with van der Waals surface area (Å²) in [5.41, 5.74) is 2.54. The zero-order valence-electron chi connectivity index (χ0n) is 14.0. The van der Waals surface area contributed by atoms with E-state index in [0.29, 0.717) is 17.1 Å². The van der Waals surface area contributed by atoms with E-state index < -0.39 is 0 Å². The number of benzene rings is 2. The number of hydrogen-bond donors (Lipinski definition) is 1. The first-order valence-electron chi connectivity index (χ1n) is 7.75. The van der Waals surface area contributed by atoms with Crippen LogP contribution in [0.3, 0.4) is 0 Å². The topological polar surface area (TPSA) is 60.5 Å². The summed E-state index contributed by atoms with van der Waals surface area (Å²) >= 11 is 0. The first-order valence-corrected chi connectivity index (χ1v) is 7.75. The number of carbonyl (C=O) groups is 1. The Kier molecular flexibility index (Phi) is 4.95. The molecule has 1 heterocycles. The van der Waals surface area contributed by atoms with Crippen molar-refractivity contribution in [2.24, 2.45) is 0 Å². The third kappa shape index (κ3) is 3.95. The van der Waals surface area contributed by atoms with Crippen molar-refractivity contribution in [3.05, 3.63) is 72.4 Å². The number of carbonyl (C=O) groups excluding carboxylic acids is 1. The minimum atomic E-state index is -0.215. The molecule has 1 N–H and O–H groups in total. The molecule has 0 radical (unpaired) electrons. The summed E-state index contributed by atoms with van der Waals surface area (Å²) in [5.74, 6) is 1.80. The molecule has 0 aliphatic heterocycles. The summed E-state index contributed by atoms with van der Waals surface area (Å²) in [7, 11) is 3.22. The van der Waals surface area contributed by atoms with E-state index >= 15 is 0 Å². The molecule has 5 nitrogen and oxygen atoms in total. The van der Waals surface area contributed by atoms with Crippen LogP contribution in [0, 0.1) is 0 Å². The Morgan fingerprint density at radius 1 is 0.800 bits per heavy atom. The predicted molar refractivity (Wildman–Crippen MR) is 97.2 cm³/mol. The zero-order chi connectivity index (χ0) is 17.6. The number of aromatic nitrogens is 1. The Morgan fingerprint density at radius 3 is 1.88 bits per heavy atom. The van der Waals surface area contributed by atoms with Gasteiger partial charge in [0.1, 0.15) is 17.3 Å². The van der Waals surface area contributed by atoms with Crippen LogP contribution in [0.1, 0.15) is 10.4 Å². The summed E-state index contributed by atoms with van der Waals surface area (Å²) in [5, 5.41) is 2.78. The van der Waals surface area contributed by atoms with Crippen molar-refractivity contribution in [1.82, 2.24) is 4.98 Å². The van der Waals surface area contributed by atoms with Gasteiger partial charge in [-0.15, -0.1) is 0 Å². The largest absolute Gasteiger partial charge is 0.497 e. The molecule has 0 unspecified atom stereocenters. The van der Waals surface area contributed by atoms with Crippen LogP contribution < -0.4 is 14.8 Å². The molecular weight excluding hydrogens is 316 g/mol. The first kappa shape index (κ1) is 16.5. The molecule has 25 heavy (non-hydrogen) atoms. The Hall–Kier alpha value is -3.34. The number of pyridine rings is 1. The third-order valence-electron chi connectivity index (χ3n) is 3.78. The summed E-state index contributed by atoms with van der Waals surface area (Å²) in [6.45, 7) is 0. The molecule has 2 aromatic carbocycles. The highest BCUT2D eigenvalue weighted by molar-refractivity contribution is 6.03. The average molecular weight is 334 g/mol. The maximum atomic E-state index is 12.2. The lowest BCUT2D eigenvalue weighted by molar-refractivity contribution is 0.102. The van der Waals surface area contributed by atoms with Crippen molar-refractivity contribution in [2.45, 2.75) is 0 Å². The molecule has 1 amide bonds. The minimum Gasteiger partial charge on any atom is -0.497 e. The number of hydrogen-bond acceptors (Lipinski definition) is 4. The fourth-order valence-electron chi connectivity index (χ4n) is 2.35. The summed E-state index contributed by atoms with van der Waals surface area (Å²) in [6, 6.07) is 18.3. The number of nitrogens with zero attached hydrogens (tertiary/aromatic N) is 1. The maximum absolute atomic E-state index is 12.2. The van der Waals surface area contributed by atoms with Crippen LogP contribution in [0.2, 0.25) is 0 Å². The number of nitrogens with one attached hydrogen (secondary N) is 1. The van der Waals surface area contributed by atoms with Crippen molar-refractivity contribution in [1.29, 1.82) is 0 Å². The highest BCUT2D eigenvalue weighted by Gasteiger charge is 2.07. The standard InChI is InChI=1S/C20H18N2O3/c1-24-17-8-3-14(4-9-17)16-7-12-19(21-13-16)22-20(23)15-5-10-18(25-2)11-6-15/h3-13H,1-2H3,(H,21,22,23). The van der Waals surface area contributed by atoms with Gasteiger partial charge in [0, 0.05) is 17.3 Å². The highest BCUT2D eigenvalue weighted by atomic mass is 16.5. The van der Waals surface area contributed by atoms with E-state index in [4.69, 9.17) is 9.47 Å². The highest BCUT2D eigenvalue weighted by Crippen LogP contribution is 2.22. The van der Waals surface area contributed by atoms with E-state index in [2.05, 4.69) is 10.3 Å². The first-order chi connectivity index (χ1) is 12.2. The fraction of sp³-hybridized carbons (Fsp3) is 0.100. The van der Waals surface area contributed by atoms with Crippen LogP contribution in [-0.4, -0.2) is 25.1 Å². The Labute approximate surface area is 146 Å². The second-order valence-corrected chi connectivity index (χ2v) is 5.34. The van der Waals surface area contributed by atoms with Crippen LogP contribution in [0.5, 0.6) is 11.5 Å². The molecule has 0 aliphatic rings. The van der Waals surface area contributed by atoms with Gasteiger partial charge in [-0.25, -0.2) is 4.98 Å². The number of ether oxygens (including phenoxy) is 2. The number of rotatable bonds is 5. The van der Waals surface area contributed by atoms with Gasteiger partial charge >= 0.3 is 0 Å². The molecule has 0 aliphatic carbocycles. The molecule has 0 saturated carbocycles. The minimum absolute atomic E-state index is 0.215. The molecule has 126 valence electrons. The predicted octanol–water partition coefficient (Wildman–Crippen LogP) is 4.02. The second-order valence-electron chi connectivity index (χ2n) is 5.34. The lowest BCUT2D eigenvalue weighted by atomic mass is 10.1. The van der Waals surface area contributed by atoms with Gasteiger partial charge in [-0.3, -0.25) is 4.79 Å². The monoisotopic (exact) mass is 334 g/mol. The van der Waals surface area contributed by atoms with Crippen molar-refractivity contribution >= 4 is 11.7 Å². The molecule has 3 aromatic rings. The van der Waals surface area contributed by atoms with Crippen molar-refractivity contribution in [2.75, 3.05) is 19.5 Å². The Balaban J connectivity index is 1.69. The van der Waals surface area contributed by atoms with Crippen molar-refractivity contribution in [3.63, 3.8) is 0 Å². The second kappa shape index (κ2) is 7.49. The summed E-state index contributed by atoms with van der Waals surface area (Å²) in [4.78, 5) is 16.5.